The van der Waals surface area contributed by atoms with Gasteiger partial charge in [-0.1, -0.05) is 6.07 Å². The third-order valence-electron chi connectivity index (χ3n) is 2.83. The van der Waals surface area contributed by atoms with Crippen molar-refractivity contribution in [3.8, 4) is 0 Å². The first kappa shape index (κ1) is 9.15. The molecule has 0 spiro atoms. The van der Waals surface area contributed by atoms with Crippen LogP contribution in [0, 0.1) is 0 Å². The zero-order valence-electron chi connectivity index (χ0n) is 8.80. The normalized spacial score (nSPS) is 13.9. The lowest BCUT2D eigenvalue weighted by Crippen LogP contribution is -2.15. The van der Waals surface area contributed by atoms with Crippen molar-refractivity contribution in [1.29, 1.82) is 0 Å². The fourth-order valence-corrected chi connectivity index (χ4v) is 2.03. The summed E-state index contributed by atoms with van der Waals surface area (Å²) >= 11 is 0. The average Bonchev–Trinajstić information content (AvgIpc) is 2.73. The highest BCUT2D eigenvalue weighted by atomic mass is 15.2. The van der Waals surface area contributed by atoms with E-state index in [0.717, 1.165) is 24.6 Å². The first-order chi connectivity index (χ1) is 7.83. The number of nitrogen functional groups attached to an aromatic ring is 1. The van der Waals surface area contributed by atoms with E-state index in [2.05, 4.69) is 20.9 Å². The van der Waals surface area contributed by atoms with E-state index in [4.69, 9.17) is 5.73 Å². The van der Waals surface area contributed by atoms with E-state index < -0.39 is 0 Å². The standard InChI is InChI=1S/C12H12N4/c13-11-2-1-9-7-16(8-10(9)5-11)12-6-14-3-4-15-12/h1-6H,7-8,13H2. The molecule has 0 atom stereocenters. The minimum absolute atomic E-state index is 0.819. The molecule has 4 nitrogen and oxygen atoms in total. The Hall–Kier alpha value is -2.10. The van der Waals surface area contributed by atoms with E-state index in [-0.39, 0.29) is 0 Å². The SMILES string of the molecule is Nc1ccc2c(c1)CN(c1cnccn1)C2. The van der Waals surface area contributed by atoms with E-state index in [1.807, 2.05) is 12.1 Å². The number of anilines is 2. The predicted molar refractivity (Wildman–Crippen MR) is 62.8 cm³/mol. The van der Waals surface area contributed by atoms with Crippen LogP contribution in [0.4, 0.5) is 11.5 Å². The molecule has 0 amide bonds. The summed E-state index contributed by atoms with van der Waals surface area (Å²) in [5, 5.41) is 0. The maximum atomic E-state index is 5.77. The molecule has 1 aliphatic heterocycles. The fourth-order valence-electron chi connectivity index (χ4n) is 2.03. The second-order valence-corrected chi connectivity index (χ2v) is 3.95. The second-order valence-electron chi connectivity index (χ2n) is 3.95. The summed E-state index contributed by atoms with van der Waals surface area (Å²) in [4.78, 5) is 10.6. The van der Waals surface area contributed by atoms with Crippen molar-refractivity contribution in [2.45, 2.75) is 13.1 Å². The molecule has 0 saturated heterocycles. The molecule has 0 aliphatic carbocycles. The van der Waals surface area contributed by atoms with Crippen LogP contribution in [0.3, 0.4) is 0 Å². The summed E-state index contributed by atoms with van der Waals surface area (Å²) in [6, 6.07) is 6.06. The zero-order valence-corrected chi connectivity index (χ0v) is 8.80. The summed E-state index contributed by atoms with van der Waals surface area (Å²) < 4.78 is 0. The second kappa shape index (κ2) is 3.48. The van der Waals surface area contributed by atoms with E-state index in [1.165, 1.54) is 11.1 Å². The Morgan fingerprint density at radius 2 is 2.00 bits per heavy atom. The van der Waals surface area contributed by atoms with Crippen LogP contribution in [0.5, 0.6) is 0 Å². The van der Waals surface area contributed by atoms with Gasteiger partial charge < -0.3 is 10.6 Å². The molecule has 0 saturated carbocycles. The van der Waals surface area contributed by atoms with Crippen molar-refractivity contribution in [3.63, 3.8) is 0 Å². The highest BCUT2D eigenvalue weighted by molar-refractivity contribution is 5.51. The minimum atomic E-state index is 0.819. The summed E-state index contributed by atoms with van der Waals surface area (Å²) in [5.74, 6) is 0.914. The molecule has 16 heavy (non-hydrogen) atoms. The first-order valence-corrected chi connectivity index (χ1v) is 5.21. The number of hydrogen-bond acceptors (Lipinski definition) is 4. The Morgan fingerprint density at radius 3 is 2.81 bits per heavy atom. The Morgan fingerprint density at radius 1 is 1.12 bits per heavy atom. The molecule has 80 valence electrons. The molecule has 0 bridgehead atoms. The lowest BCUT2D eigenvalue weighted by molar-refractivity contribution is 0.850. The maximum absolute atomic E-state index is 5.77. The number of benzene rings is 1. The van der Waals surface area contributed by atoms with Crippen LogP contribution in [0.15, 0.2) is 36.8 Å². The number of rotatable bonds is 1. The molecule has 4 heteroatoms. The van der Waals surface area contributed by atoms with Crippen molar-refractivity contribution in [2.24, 2.45) is 0 Å². The molecular weight excluding hydrogens is 200 g/mol. The number of aromatic nitrogens is 2. The van der Waals surface area contributed by atoms with Crippen molar-refractivity contribution in [3.05, 3.63) is 47.9 Å². The minimum Gasteiger partial charge on any atom is -0.399 e. The van der Waals surface area contributed by atoms with Gasteiger partial charge in [0, 0.05) is 31.2 Å². The van der Waals surface area contributed by atoms with Crippen molar-refractivity contribution in [2.75, 3.05) is 10.6 Å². The zero-order chi connectivity index (χ0) is 11.0. The number of nitrogens with zero attached hydrogens (tertiary/aromatic N) is 3. The first-order valence-electron chi connectivity index (χ1n) is 5.21. The monoisotopic (exact) mass is 212 g/mol. The van der Waals surface area contributed by atoms with Crippen molar-refractivity contribution >= 4 is 11.5 Å². The molecule has 2 N–H and O–H groups in total. The van der Waals surface area contributed by atoms with Gasteiger partial charge in [-0.3, -0.25) is 4.98 Å². The lowest BCUT2D eigenvalue weighted by Gasteiger charge is -2.14. The van der Waals surface area contributed by atoms with Gasteiger partial charge in [-0.05, 0) is 23.3 Å². The molecule has 2 aromatic rings. The van der Waals surface area contributed by atoms with Gasteiger partial charge in [0.2, 0.25) is 0 Å². The molecular formula is C12H12N4. The molecule has 0 radical (unpaired) electrons. The molecule has 0 fully saturated rings. The van der Waals surface area contributed by atoms with Gasteiger partial charge in [0.1, 0.15) is 5.82 Å². The Kier molecular flexibility index (Phi) is 1.99. The molecule has 3 rings (SSSR count). The van der Waals surface area contributed by atoms with Gasteiger partial charge in [-0.15, -0.1) is 0 Å². The van der Waals surface area contributed by atoms with Crippen LogP contribution in [0.1, 0.15) is 11.1 Å². The summed E-state index contributed by atoms with van der Waals surface area (Å²) in [7, 11) is 0. The third kappa shape index (κ3) is 1.48. The van der Waals surface area contributed by atoms with Crippen LogP contribution in [-0.2, 0) is 13.1 Å². The van der Waals surface area contributed by atoms with Crippen molar-refractivity contribution < 1.29 is 0 Å². The van der Waals surface area contributed by atoms with Gasteiger partial charge in [-0.25, -0.2) is 4.98 Å². The van der Waals surface area contributed by atoms with Crippen LogP contribution < -0.4 is 10.6 Å². The Bertz CT molecular complexity index is 510. The van der Waals surface area contributed by atoms with Gasteiger partial charge >= 0.3 is 0 Å². The van der Waals surface area contributed by atoms with Gasteiger partial charge in [0.15, 0.2) is 0 Å². The summed E-state index contributed by atoms with van der Waals surface area (Å²) in [6.45, 7) is 1.74. The topological polar surface area (TPSA) is 55.0 Å². The number of hydrogen-bond donors (Lipinski definition) is 1. The van der Waals surface area contributed by atoms with E-state index in [9.17, 15) is 0 Å². The van der Waals surface area contributed by atoms with Gasteiger partial charge in [0.05, 0.1) is 6.20 Å². The highest BCUT2D eigenvalue weighted by Crippen LogP contribution is 2.27. The number of nitrogens with two attached hydrogens (primary N) is 1. The van der Waals surface area contributed by atoms with E-state index in [1.54, 1.807) is 18.6 Å². The van der Waals surface area contributed by atoms with Crippen LogP contribution in [-0.4, -0.2) is 9.97 Å². The highest BCUT2D eigenvalue weighted by Gasteiger charge is 2.19. The van der Waals surface area contributed by atoms with Gasteiger partial charge in [0.25, 0.3) is 0 Å². The molecule has 1 aromatic carbocycles. The van der Waals surface area contributed by atoms with Crippen LogP contribution >= 0.6 is 0 Å². The molecule has 1 aliphatic rings. The summed E-state index contributed by atoms with van der Waals surface area (Å²) in [6.07, 6.45) is 5.19. The fraction of sp³-hybridized carbons (Fsp3) is 0.167. The maximum Gasteiger partial charge on any atom is 0.147 e. The average molecular weight is 212 g/mol. The lowest BCUT2D eigenvalue weighted by atomic mass is 10.1. The van der Waals surface area contributed by atoms with E-state index >= 15 is 0 Å². The van der Waals surface area contributed by atoms with Crippen LogP contribution in [0.25, 0.3) is 0 Å². The third-order valence-corrected chi connectivity index (χ3v) is 2.83. The molecule has 2 heterocycles. The van der Waals surface area contributed by atoms with Crippen LogP contribution in [0.2, 0.25) is 0 Å². The van der Waals surface area contributed by atoms with Gasteiger partial charge in [-0.2, -0.15) is 0 Å². The predicted octanol–water partition coefficient (Wildman–Crippen LogP) is 1.58. The smallest absolute Gasteiger partial charge is 0.147 e. The Labute approximate surface area is 93.8 Å². The quantitative estimate of drug-likeness (QED) is 0.729. The van der Waals surface area contributed by atoms with E-state index in [0.29, 0.717) is 0 Å². The molecule has 0 unspecified atom stereocenters. The Balaban J connectivity index is 1.91. The largest absolute Gasteiger partial charge is 0.399 e. The number of fused-ring (bicyclic) bond motifs is 1. The summed E-state index contributed by atoms with van der Waals surface area (Å²) in [5.41, 5.74) is 9.19. The van der Waals surface area contributed by atoms with Crippen molar-refractivity contribution in [1.82, 2.24) is 9.97 Å². The molecule has 1 aromatic heterocycles.